The van der Waals surface area contributed by atoms with Crippen molar-refractivity contribution in [2.75, 3.05) is 7.11 Å². The molecule has 0 aliphatic rings. The summed E-state index contributed by atoms with van der Waals surface area (Å²) >= 11 is 2.99. The Morgan fingerprint density at radius 3 is 2.17 bits per heavy atom. The van der Waals surface area contributed by atoms with E-state index >= 15 is 0 Å². The van der Waals surface area contributed by atoms with E-state index in [1.165, 1.54) is 18.3 Å². The Labute approximate surface area is 115 Å². The van der Waals surface area contributed by atoms with E-state index in [4.69, 9.17) is 4.74 Å². The molecule has 4 nitrogen and oxygen atoms in total. The molecule has 2 aromatic rings. The van der Waals surface area contributed by atoms with Crippen molar-refractivity contribution in [3.05, 3.63) is 33.2 Å². The molecule has 0 spiro atoms. The van der Waals surface area contributed by atoms with Crippen molar-refractivity contribution in [1.29, 1.82) is 0 Å². The second-order valence-corrected chi connectivity index (χ2v) is 5.73. The molecule has 2 rings (SSSR count). The van der Waals surface area contributed by atoms with E-state index in [0.29, 0.717) is 5.01 Å². The Kier molecular flexibility index (Phi) is 5.58. The quantitative estimate of drug-likeness (QED) is 0.811. The average molecular weight is 284 g/mol. The van der Waals surface area contributed by atoms with Crippen LogP contribution in [0.3, 0.4) is 0 Å². The van der Waals surface area contributed by atoms with E-state index in [9.17, 15) is 4.79 Å². The highest BCUT2D eigenvalue weighted by Gasteiger charge is 2.21. The molecular weight excluding hydrogens is 268 g/mol. The fourth-order valence-electron chi connectivity index (χ4n) is 1.01. The number of carbonyl (C=O) groups is 1. The van der Waals surface area contributed by atoms with Crippen molar-refractivity contribution in [3.8, 4) is 0 Å². The minimum Gasteiger partial charge on any atom is -0.372 e. The minimum absolute atomic E-state index is 0.0417. The Morgan fingerprint density at radius 2 is 1.83 bits per heavy atom. The maximum Gasteiger partial charge on any atom is 0.188 e. The molecule has 0 amide bonds. The van der Waals surface area contributed by atoms with Crippen LogP contribution in [0.15, 0.2) is 23.2 Å². The maximum atomic E-state index is 10.5. The number of ether oxygens (including phenoxy) is 1. The van der Waals surface area contributed by atoms with Crippen molar-refractivity contribution in [1.82, 2.24) is 9.97 Å². The fourth-order valence-corrected chi connectivity index (χ4v) is 2.28. The first-order chi connectivity index (χ1) is 8.47. The number of aromatic nitrogens is 2. The summed E-state index contributed by atoms with van der Waals surface area (Å²) in [5, 5.41) is 5.35. The Balaban J connectivity index is 0.000000184. The van der Waals surface area contributed by atoms with E-state index < -0.39 is 0 Å². The van der Waals surface area contributed by atoms with Crippen LogP contribution in [0.2, 0.25) is 0 Å². The summed E-state index contributed by atoms with van der Waals surface area (Å²) in [4.78, 5) is 18.4. The molecule has 2 heterocycles. The van der Waals surface area contributed by atoms with Crippen LogP contribution in [0.1, 0.15) is 35.6 Å². The van der Waals surface area contributed by atoms with Crippen LogP contribution in [0.4, 0.5) is 0 Å². The Hall–Kier alpha value is -1.11. The summed E-state index contributed by atoms with van der Waals surface area (Å²) in [6.07, 6.45) is 3.42. The summed E-state index contributed by atoms with van der Waals surface area (Å²) < 4.78 is 5.23. The van der Waals surface area contributed by atoms with Gasteiger partial charge in [-0.05, 0) is 13.8 Å². The molecule has 0 aliphatic heterocycles. The molecule has 6 heteroatoms. The predicted octanol–water partition coefficient (Wildman–Crippen LogP) is 3.37. The lowest BCUT2D eigenvalue weighted by molar-refractivity contribution is 0.0190. The lowest BCUT2D eigenvalue weighted by Crippen LogP contribution is -2.18. The third kappa shape index (κ3) is 4.29. The van der Waals surface area contributed by atoms with Gasteiger partial charge in [0.05, 0.1) is 0 Å². The normalized spacial score (nSPS) is 10.7. The second-order valence-electron chi connectivity index (χ2n) is 3.95. The summed E-state index contributed by atoms with van der Waals surface area (Å²) in [6, 6.07) is 0. The van der Waals surface area contributed by atoms with Gasteiger partial charge < -0.3 is 4.74 Å². The van der Waals surface area contributed by atoms with Gasteiger partial charge in [0, 0.05) is 37.2 Å². The largest absolute Gasteiger partial charge is 0.372 e. The molecule has 2 aromatic heterocycles. The molecule has 0 N–H and O–H groups in total. The lowest BCUT2D eigenvalue weighted by Gasteiger charge is -2.19. The third-order valence-corrected chi connectivity index (χ3v) is 4.14. The smallest absolute Gasteiger partial charge is 0.188 e. The Bertz CT molecular complexity index is 464. The number of hydrogen-bond donors (Lipinski definition) is 0. The molecule has 18 heavy (non-hydrogen) atoms. The van der Waals surface area contributed by atoms with E-state index in [2.05, 4.69) is 9.97 Å². The molecular formula is C12H16N2O2S2. The van der Waals surface area contributed by atoms with Crippen LogP contribution < -0.4 is 0 Å². The zero-order chi connectivity index (χ0) is 13.6. The van der Waals surface area contributed by atoms with Crippen molar-refractivity contribution < 1.29 is 9.53 Å². The molecule has 0 bridgehead atoms. The summed E-state index contributed by atoms with van der Waals surface area (Å²) in [5.74, 6) is 0.0417. The molecule has 0 atom stereocenters. The zero-order valence-corrected chi connectivity index (χ0v) is 12.5. The van der Waals surface area contributed by atoms with Crippen LogP contribution in [0, 0.1) is 0 Å². The van der Waals surface area contributed by atoms with Crippen LogP contribution in [0.5, 0.6) is 0 Å². The molecule has 0 fully saturated rings. The highest BCUT2D eigenvalue weighted by molar-refractivity contribution is 7.11. The fraction of sp³-hybridized carbons (Fsp3) is 0.417. The summed E-state index contributed by atoms with van der Waals surface area (Å²) in [7, 11) is 1.70. The van der Waals surface area contributed by atoms with Crippen LogP contribution in [-0.2, 0) is 10.3 Å². The SMILES string of the molecule is CC(=O)c1nccs1.COC(C)(C)c1nccs1. The molecule has 0 unspecified atom stereocenters. The lowest BCUT2D eigenvalue weighted by atomic mass is 10.1. The van der Waals surface area contributed by atoms with Gasteiger partial charge >= 0.3 is 0 Å². The van der Waals surface area contributed by atoms with Gasteiger partial charge in [-0.1, -0.05) is 0 Å². The van der Waals surface area contributed by atoms with Gasteiger partial charge in [0.15, 0.2) is 10.8 Å². The molecule has 0 aliphatic carbocycles. The zero-order valence-electron chi connectivity index (χ0n) is 10.8. The summed E-state index contributed by atoms with van der Waals surface area (Å²) in [5.41, 5.74) is -0.228. The number of Topliss-reactive ketones (excluding diaryl/α,β-unsaturated/α-hetero) is 1. The number of rotatable bonds is 3. The van der Waals surface area contributed by atoms with Gasteiger partial charge in [-0.2, -0.15) is 0 Å². The minimum atomic E-state index is -0.228. The number of carbonyl (C=O) groups excluding carboxylic acids is 1. The van der Waals surface area contributed by atoms with Crippen molar-refractivity contribution in [2.24, 2.45) is 0 Å². The predicted molar refractivity (Wildman–Crippen MR) is 74.3 cm³/mol. The molecule has 0 radical (unpaired) electrons. The van der Waals surface area contributed by atoms with Crippen LogP contribution in [-0.4, -0.2) is 22.9 Å². The van der Waals surface area contributed by atoms with Gasteiger partial charge in [0.25, 0.3) is 0 Å². The van der Waals surface area contributed by atoms with E-state index in [0.717, 1.165) is 5.01 Å². The van der Waals surface area contributed by atoms with E-state index in [1.807, 2.05) is 19.2 Å². The first-order valence-electron chi connectivity index (χ1n) is 5.33. The number of ketones is 1. The highest BCUT2D eigenvalue weighted by atomic mass is 32.1. The van der Waals surface area contributed by atoms with Gasteiger partial charge in [0.1, 0.15) is 10.6 Å². The Morgan fingerprint density at radius 1 is 1.22 bits per heavy atom. The van der Waals surface area contributed by atoms with Gasteiger partial charge in [0.2, 0.25) is 0 Å². The maximum absolute atomic E-state index is 10.5. The average Bonchev–Trinajstić information content (AvgIpc) is 3.03. The first-order valence-corrected chi connectivity index (χ1v) is 7.09. The second kappa shape index (κ2) is 6.72. The van der Waals surface area contributed by atoms with Gasteiger partial charge in [-0.3, -0.25) is 4.79 Å². The number of hydrogen-bond acceptors (Lipinski definition) is 6. The highest BCUT2D eigenvalue weighted by Crippen LogP contribution is 2.24. The van der Waals surface area contributed by atoms with Crippen LogP contribution >= 0.6 is 22.7 Å². The van der Waals surface area contributed by atoms with Gasteiger partial charge in [-0.25, -0.2) is 9.97 Å². The number of nitrogens with zero attached hydrogens (tertiary/aromatic N) is 2. The molecule has 0 saturated carbocycles. The van der Waals surface area contributed by atoms with Crippen molar-refractivity contribution in [2.45, 2.75) is 26.4 Å². The van der Waals surface area contributed by atoms with E-state index in [-0.39, 0.29) is 11.4 Å². The number of thiazole rings is 2. The molecule has 0 saturated heterocycles. The standard InChI is InChI=1S/C7H11NOS.C5H5NOS/c1-7(2,9-3)6-8-4-5-10-6;1-4(7)5-6-2-3-8-5/h4-5H,1-3H3;2-3H,1H3. The van der Waals surface area contributed by atoms with Crippen molar-refractivity contribution >= 4 is 28.5 Å². The topological polar surface area (TPSA) is 52.1 Å². The number of methoxy groups -OCH3 is 1. The van der Waals surface area contributed by atoms with Gasteiger partial charge in [-0.15, -0.1) is 22.7 Å². The first kappa shape index (κ1) is 14.9. The molecule has 0 aromatic carbocycles. The monoisotopic (exact) mass is 284 g/mol. The van der Waals surface area contributed by atoms with Crippen molar-refractivity contribution in [3.63, 3.8) is 0 Å². The molecule has 98 valence electrons. The summed E-state index contributed by atoms with van der Waals surface area (Å²) in [6.45, 7) is 5.52. The van der Waals surface area contributed by atoms with E-state index in [1.54, 1.807) is 36.2 Å². The van der Waals surface area contributed by atoms with Crippen LogP contribution in [0.25, 0.3) is 0 Å². The third-order valence-electron chi connectivity index (χ3n) is 2.19.